The van der Waals surface area contributed by atoms with E-state index in [1.165, 1.54) is 0 Å². The van der Waals surface area contributed by atoms with Crippen LogP contribution in [0.2, 0.25) is 0 Å². The van der Waals surface area contributed by atoms with E-state index < -0.39 is 0 Å². The van der Waals surface area contributed by atoms with Crippen molar-refractivity contribution in [3.63, 3.8) is 0 Å². The first kappa shape index (κ1) is 13.0. The van der Waals surface area contributed by atoms with Crippen molar-refractivity contribution < 1.29 is 0 Å². The molecule has 3 rings (SSSR count). The van der Waals surface area contributed by atoms with Gasteiger partial charge in [0, 0.05) is 16.8 Å². The summed E-state index contributed by atoms with van der Waals surface area (Å²) in [5.74, 6) is 0.419. The Morgan fingerprint density at radius 2 is 1.76 bits per heavy atom. The second-order valence-corrected chi connectivity index (χ2v) is 4.78. The number of fused-ring (bicyclic) bond motifs is 1. The molecule has 2 heterocycles. The standard InChI is InChI=1S/C16H13N5/c1-10-7-12(9-17)20-16(19-10)21-15-8-11(2)18-14-6-4-3-5-13(14)15/h3-8H,1-2H3,(H,18,19,20,21). The van der Waals surface area contributed by atoms with Crippen LogP contribution in [0.25, 0.3) is 10.9 Å². The summed E-state index contributed by atoms with van der Waals surface area (Å²) in [7, 11) is 0. The number of rotatable bonds is 2. The molecule has 0 fully saturated rings. The number of aromatic nitrogens is 3. The van der Waals surface area contributed by atoms with Crippen LogP contribution in [0.15, 0.2) is 36.4 Å². The molecule has 102 valence electrons. The van der Waals surface area contributed by atoms with Gasteiger partial charge in [-0.25, -0.2) is 9.97 Å². The Bertz CT molecular complexity index is 864. The van der Waals surface area contributed by atoms with Crippen molar-refractivity contribution in [2.45, 2.75) is 13.8 Å². The van der Waals surface area contributed by atoms with Crippen molar-refractivity contribution in [3.8, 4) is 6.07 Å². The molecule has 1 N–H and O–H groups in total. The summed E-state index contributed by atoms with van der Waals surface area (Å²) in [4.78, 5) is 13.0. The second-order valence-electron chi connectivity index (χ2n) is 4.78. The number of pyridine rings is 1. The van der Waals surface area contributed by atoms with Gasteiger partial charge in [-0.3, -0.25) is 4.98 Å². The first-order chi connectivity index (χ1) is 10.2. The molecule has 2 aromatic heterocycles. The number of nitriles is 1. The predicted octanol–water partition coefficient (Wildman–Crippen LogP) is 3.26. The highest BCUT2D eigenvalue weighted by Gasteiger charge is 2.07. The molecule has 5 heteroatoms. The van der Waals surface area contributed by atoms with Crippen LogP contribution in [0, 0.1) is 25.2 Å². The molecule has 1 aromatic carbocycles. The monoisotopic (exact) mass is 275 g/mol. The van der Waals surface area contributed by atoms with Gasteiger partial charge in [0.1, 0.15) is 11.8 Å². The fourth-order valence-corrected chi connectivity index (χ4v) is 2.21. The Kier molecular flexibility index (Phi) is 3.20. The molecule has 0 radical (unpaired) electrons. The number of benzene rings is 1. The Labute approximate surface area is 122 Å². The molecule has 5 nitrogen and oxygen atoms in total. The molecule has 0 bridgehead atoms. The van der Waals surface area contributed by atoms with Gasteiger partial charge in [-0.2, -0.15) is 5.26 Å². The van der Waals surface area contributed by atoms with Gasteiger partial charge in [-0.15, -0.1) is 0 Å². The highest BCUT2D eigenvalue weighted by atomic mass is 15.1. The van der Waals surface area contributed by atoms with Crippen LogP contribution in [-0.4, -0.2) is 15.0 Å². The fraction of sp³-hybridized carbons (Fsp3) is 0.125. The summed E-state index contributed by atoms with van der Waals surface area (Å²) < 4.78 is 0. The second kappa shape index (κ2) is 5.17. The third-order valence-electron chi connectivity index (χ3n) is 3.06. The summed E-state index contributed by atoms with van der Waals surface area (Å²) in [6.07, 6.45) is 0. The number of anilines is 2. The highest BCUT2D eigenvalue weighted by molar-refractivity contribution is 5.92. The Morgan fingerprint density at radius 1 is 1.00 bits per heavy atom. The van der Waals surface area contributed by atoms with E-state index in [0.29, 0.717) is 11.6 Å². The molecule has 0 atom stereocenters. The highest BCUT2D eigenvalue weighted by Crippen LogP contribution is 2.25. The molecule has 0 unspecified atom stereocenters. The third kappa shape index (κ3) is 2.65. The Balaban J connectivity index is 2.10. The van der Waals surface area contributed by atoms with Crippen LogP contribution in [0.1, 0.15) is 17.1 Å². The van der Waals surface area contributed by atoms with Crippen LogP contribution in [0.5, 0.6) is 0 Å². The number of hydrogen-bond acceptors (Lipinski definition) is 5. The topological polar surface area (TPSA) is 74.5 Å². The minimum atomic E-state index is 0.347. The molecule has 0 amide bonds. The normalized spacial score (nSPS) is 10.3. The quantitative estimate of drug-likeness (QED) is 0.777. The average molecular weight is 275 g/mol. The van der Waals surface area contributed by atoms with Crippen molar-refractivity contribution in [1.29, 1.82) is 5.26 Å². The lowest BCUT2D eigenvalue weighted by Crippen LogP contribution is -2.01. The lowest BCUT2D eigenvalue weighted by molar-refractivity contribution is 1.09. The van der Waals surface area contributed by atoms with Gasteiger partial charge in [-0.05, 0) is 32.0 Å². The molecule has 3 aromatic rings. The SMILES string of the molecule is Cc1cc(C#N)nc(Nc2cc(C)nc3ccccc23)n1. The zero-order chi connectivity index (χ0) is 14.8. The molecular formula is C16H13N5. The van der Waals surface area contributed by atoms with E-state index in [-0.39, 0.29) is 0 Å². The molecule has 0 spiro atoms. The van der Waals surface area contributed by atoms with Gasteiger partial charge in [0.05, 0.1) is 11.2 Å². The van der Waals surface area contributed by atoms with Gasteiger partial charge in [0.2, 0.25) is 5.95 Å². The van der Waals surface area contributed by atoms with Crippen molar-refractivity contribution in [2.75, 3.05) is 5.32 Å². The van der Waals surface area contributed by atoms with E-state index in [4.69, 9.17) is 5.26 Å². The zero-order valence-corrected chi connectivity index (χ0v) is 11.8. The zero-order valence-electron chi connectivity index (χ0n) is 11.8. The van der Waals surface area contributed by atoms with Gasteiger partial charge in [-0.1, -0.05) is 18.2 Å². The summed E-state index contributed by atoms with van der Waals surface area (Å²) in [6, 6.07) is 13.5. The lowest BCUT2D eigenvalue weighted by atomic mass is 10.1. The number of nitrogens with zero attached hydrogens (tertiary/aromatic N) is 4. The maximum atomic E-state index is 8.99. The van der Waals surface area contributed by atoms with Crippen LogP contribution in [0.3, 0.4) is 0 Å². The molecule has 0 aliphatic rings. The van der Waals surface area contributed by atoms with E-state index in [9.17, 15) is 0 Å². The van der Waals surface area contributed by atoms with Gasteiger partial charge in [0.15, 0.2) is 0 Å². The van der Waals surface area contributed by atoms with Crippen LogP contribution in [0.4, 0.5) is 11.6 Å². The van der Waals surface area contributed by atoms with Crippen molar-refractivity contribution in [3.05, 3.63) is 53.5 Å². The molecule has 0 aliphatic heterocycles. The van der Waals surface area contributed by atoms with Crippen molar-refractivity contribution in [2.24, 2.45) is 0 Å². The van der Waals surface area contributed by atoms with Gasteiger partial charge < -0.3 is 5.32 Å². The first-order valence-corrected chi connectivity index (χ1v) is 6.55. The number of para-hydroxylation sites is 1. The lowest BCUT2D eigenvalue weighted by Gasteiger charge is -2.10. The van der Waals surface area contributed by atoms with E-state index in [1.54, 1.807) is 6.07 Å². The smallest absolute Gasteiger partial charge is 0.228 e. The van der Waals surface area contributed by atoms with Gasteiger partial charge >= 0.3 is 0 Å². The van der Waals surface area contributed by atoms with Crippen LogP contribution >= 0.6 is 0 Å². The van der Waals surface area contributed by atoms with E-state index in [1.807, 2.05) is 50.2 Å². The van der Waals surface area contributed by atoms with Crippen LogP contribution < -0.4 is 5.32 Å². The molecular weight excluding hydrogens is 262 g/mol. The maximum Gasteiger partial charge on any atom is 0.228 e. The summed E-state index contributed by atoms with van der Waals surface area (Å²) >= 11 is 0. The predicted molar refractivity (Wildman–Crippen MR) is 81.2 cm³/mol. The van der Waals surface area contributed by atoms with Crippen LogP contribution in [-0.2, 0) is 0 Å². The van der Waals surface area contributed by atoms with Crippen molar-refractivity contribution in [1.82, 2.24) is 15.0 Å². The van der Waals surface area contributed by atoms with Gasteiger partial charge in [0.25, 0.3) is 0 Å². The van der Waals surface area contributed by atoms with E-state index in [0.717, 1.165) is 28.0 Å². The Morgan fingerprint density at radius 3 is 2.57 bits per heavy atom. The molecule has 0 saturated carbocycles. The first-order valence-electron chi connectivity index (χ1n) is 6.55. The average Bonchev–Trinajstić information content (AvgIpc) is 2.46. The molecule has 0 aliphatic carbocycles. The minimum absolute atomic E-state index is 0.347. The maximum absolute atomic E-state index is 8.99. The van der Waals surface area contributed by atoms with Crippen molar-refractivity contribution >= 4 is 22.5 Å². The third-order valence-corrected chi connectivity index (χ3v) is 3.06. The number of hydrogen-bond donors (Lipinski definition) is 1. The summed E-state index contributed by atoms with van der Waals surface area (Å²) in [5, 5.41) is 13.2. The molecule has 21 heavy (non-hydrogen) atoms. The molecule has 0 saturated heterocycles. The largest absolute Gasteiger partial charge is 0.323 e. The van der Waals surface area contributed by atoms with E-state index in [2.05, 4.69) is 20.3 Å². The summed E-state index contributed by atoms with van der Waals surface area (Å²) in [5.41, 5.74) is 3.80. The fourth-order valence-electron chi connectivity index (χ4n) is 2.21. The Hall–Kier alpha value is -3.00. The minimum Gasteiger partial charge on any atom is -0.323 e. The van der Waals surface area contributed by atoms with E-state index >= 15 is 0 Å². The summed E-state index contributed by atoms with van der Waals surface area (Å²) in [6.45, 7) is 3.78. The number of nitrogens with one attached hydrogen (secondary N) is 1. The number of aryl methyl sites for hydroxylation is 2.